The predicted octanol–water partition coefficient (Wildman–Crippen LogP) is 2.29. The molecule has 1 N–H and O–H groups in total. The van der Waals surface area contributed by atoms with Gasteiger partial charge in [-0.2, -0.15) is 0 Å². The van der Waals surface area contributed by atoms with Gasteiger partial charge in [0.1, 0.15) is 0 Å². The Kier molecular flexibility index (Phi) is 5.07. The lowest BCUT2D eigenvalue weighted by molar-refractivity contribution is 0.0178. The lowest BCUT2D eigenvalue weighted by atomic mass is 10.1. The minimum atomic E-state index is -0.687. The van der Waals surface area contributed by atoms with Gasteiger partial charge in [0.2, 0.25) is 0 Å². The van der Waals surface area contributed by atoms with Crippen molar-refractivity contribution in [2.24, 2.45) is 0 Å². The summed E-state index contributed by atoms with van der Waals surface area (Å²) >= 11 is 3.47. The third kappa shape index (κ3) is 4.53. The van der Waals surface area contributed by atoms with Crippen molar-refractivity contribution in [3.63, 3.8) is 0 Å². The maximum Gasteiger partial charge on any atom is 0.253 e. The first-order valence-electron chi connectivity index (χ1n) is 7.26. The van der Waals surface area contributed by atoms with Crippen LogP contribution in [0, 0.1) is 6.92 Å². The summed E-state index contributed by atoms with van der Waals surface area (Å²) in [5, 5.41) is 9.85. The Labute approximate surface area is 134 Å². The van der Waals surface area contributed by atoms with Crippen molar-refractivity contribution >= 4 is 21.8 Å². The van der Waals surface area contributed by atoms with Crippen molar-refractivity contribution in [1.29, 1.82) is 0 Å². The Balaban J connectivity index is 1.95. The minimum Gasteiger partial charge on any atom is -0.389 e. The van der Waals surface area contributed by atoms with Gasteiger partial charge in [-0.05, 0) is 38.5 Å². The Morgan fingerprint density at radius 2 is 1.90 bits per heavy atom. The Hall–Kier alpha value is -0.910. The smallest absolute Gasteiger partial charge is 0.253 e. The number of carbonyl (C=O) groups is 1. The number of nitrogens with zero attached hydrogens (tertiary/aromatic N) is 2. The summed E-state index contributed by atoms with van der Waals surface area (Å²) < 4.78 is 0.967. The van der Waals surface area contributed by atoms with Gasteiger partial charge in [-0.25, -0.2) is 0 Å². The van der Waals surface area contributed by atoms with E-state index in [1.807, 2.05) is 43.9 Å². The third-order valence-corrected chi connectivity index (χ3v) is 4.54. The van der Waals surface area contributed by atoms with Crippen LogP contribution in [0.1, 0.15) is 29.8 Å². The van der Waals surface area contributed by atoms with E-state index in [-0.39, 0.29) is 5.91 Å². The predicted molar refractivity (Wildman–Crippen MR) is 87.5 cm³/mol. The molecule has 5 heteroatoms. The molecule has 0 unspecified atom stereocenters. The molecule has 1 aliphatic rings. The van der Waals surface area contributed by atoms with Crippen LogP contribution in [0.4, 0.5) is 0 Å². The van der Waals surface area contributed by atoms with E-state index in [0.717, 1.165) is 28.7 Å². The van der Waals surface area contributed by atoms with Gasteiger partial charge in [0.15, 0.2) is 0 Å². The lowest BCUT2D eigenvalue weighted by Gasteiger charge is -2.37. The number of halogens is 1. The average Bonchev–Trinajstić information content (AvgIpc) is 2.40. The Morgan fingerprint density at radius 3 is 2.43 bits per heavy atom. The summed E-state index contributed by atoms with van der Waals surface area (Å²) in [7, 11) is 0. The normalized spacial score (nSPS) is 17.1. The number of aryl methyl sites for hydroxylation is 1. The fourth-order valence-electron chi connectivity index (χ4n) is 2.56. The number of aliphatic hydroxyl groups is 1. The van der Waals surface area contributed by atoms with E-state index in [1.54, 1.807) is 0 Å². The third-order valence-electron chi connectivity index (χ3n) is 3.69. The van der Waals surface area contributed by atoms with Crippen LogP contribution in [0.3, 0.4) is 0 Å². The van der Waals surface area contributed by atoms with Crippen LogP contribution < -0.4 is 0 Å². The highest BCUT2D eigenvalue weighted by Crippen LogP contribution is 2.19. The van der Waals surface area contributed by atoms with Crippen molar-refractivity contribution < 1.29 is 9.90 Å². The van der Waals surface area contributed by atoms with Crippen LogP contribution in [-0.4, -0.2) is 59.1 Å². The molecule has 1 amide bonds. The van der Waals surface area contributed by atoms with E-state index >= 15 is 0 Å². The van der Waals surface area contributed by atoms with Crippen molar-refractivity contribution in [3.05, 3.63) is 33.8 Å². The van der Waals surface area contributed by atoms with Gasteiger partial charge in [-0.1, -0.05) is 22.0 Å². The summed E-state index contributed by atoms with van der Waals surface area (Å²) in [5.74, 6) is 0.0820. The van der Waals surface area contributed by atoms with Gasteiger partial charge in [-0.3, -0.25) is 9.69 Å². The van der Waals surface area contributed by atoms with Crippen molar-refractivity contribution in [3.8, 4) is 0 Å². The summed E-state index contributed by atoms with van der Waals surface area (Å²) in [4.78, 5) is 16.6. The monoisotopic (exact) mass is 354 g/mol. The maximum atomic E-state index is 12.5. The van der Waals surface area contributed by atoms with Crippen molar-refractivity contribution in [2.75, 3.05) is 32.7 Å². The first kappa shape index (κ1) is 16.5. The van der Waals surface area contributed by atoms with Crippen LogP contribution in [-0.2, 0) is 0 Å². The molecule has 0 aliphatic carbocycles. The molecule has 4 nitrogen and oxygen atoms in total. The van der Waals surface area contributed by atoms with Crippen LogP contribution in [0.2, 0.25) is 0 Å². The van der Waals surface area contributed by atoms with E-state index in [0.29, 0.717) is 19.6 Å². The quantitative estimate of drug-likeness (QED) is 0.905. The highest BCUT2D eigenvalue weighted by atomic mass is 79.9. The molecule has 0 aromatic heterocycles. The highest BCUT2D eigenvalue weighted by molar-refractivity contribution is 9.10. The molecule has 1 heterocycles. The van der Waals surface area contributed by atoms with Gasteiger partial charge in [0, 0.05) is 42.8 Å². The lowest BCUT2D eigenvalue weighted by Crippen LogP contribution is -2.52. The molecule has 0 radical (unpaired) electrons. The number of rotatable bonds is 3. The van der Waals surface area contributed by atoms with Gasteiger partial charge in [0.25, 0.3) is 5.91 Å². The molecule has 1 fully saturated rings. The summed E-state index contributed by atoms with van der Waals surface area (Å²) in [6.07, 6.45) is 0. The van der Waals surface area contributed by atoms with Crippen LogP contribution in [0.25, 0.3) is 0 Å². The van der Waals surface area contributed by atoms with E-state index in [1.165, 1.54) is 0 Å². The zero-order valence-corrected chi connectivity index (χ0v) is 14.5. The molecule has 1 saturated heterocycles. The number of amides is 1. The highest BCUT2D eigenvalue weighted by Gasteiger charge is 2.25. The molecular weight excluding hydrogens is 332 g/mol. The largest absolute Gasteiger partial charge is 0.389 e. The number of piperazine rings is 1. The number of carbonyl (C=O) groups excluding carboxylic acids is 1. The number of β-amino-alcohol motifs (C(OH)–C–C–N with tert-alkyl or cyclic N) is 1. The molecule has 2 rings (SSSR count). The van der Waals surface area contributed by atoms with E-state index in [4.69, 9.17) is 0 Å². The molecule has 0 atom stereocenters. The van der Waals surface area contributed by atoms with Crippen molar-refractivity contribution in [2.45, 2.75) is 26.4 Å². The Bertz CT molecular complexity index is 517. The second-order valence-electron chi connectivity index (χ2n) is 6.34. The molecular formula is C16H23BrN2O2. The van der Waals surface area contributed by atoms with Crippen LogP contribution in [0.5, 0.6) is 0 Å². The first-order chi connectivity index (χ1) is 9.76. The molecule has 1 aromatic rings. The molecule has 0 bridgehead atoms. The average molecular weight is 355 g/mol. The fraction of sp³-hybridized carbons (Fsp3) is 0.562. The molecule has 1 aliphatic heterocycles. The summed E-state index contributed by atoms with van der Waals surface area (Å²) in [5.41, 5.74) is 1.17. The van der Waals surface area contributed by atoms with E-state index in [2.05, 4.69) is 20.8 Å². The first-order valence-corrected chi connectivity index (χ1v) is 8.06. The summed E-state index contributed by atoms with van der Waals surface area (Å²) in [6.45, 7) is 9.31. The van der Waals surface area contributed by atoms with Gasteiger partial charge < -0.3 is 10.0 Å². The number of hydrogen-bond donors (Lipinski definition) is 1. The second-order valence-corrected chi connectivity index (χ2v) is 7.20. The SMILES string of the molecule is Cc1ccc(C(=O)N2CCN(CC(C)(C)O)CC2)cc1Br. The zero-order chi connectivity index (χ0) is 15.6. The van der Waals surface area contributed by atoms with Crippen LogP contribution >= 0.6 is 15.9 Å². The standard InChI is InChI=1S/C16H23BrN2O2/c1-12-4-5-13(10-14(12)17)15(20)19-8-6-18(7-9-19)11-16(2,3)21/h4-5,10,21H,6-9,11H2,1-3H3. The second kappa shape index (κ2) is 6.46. The van der Waals surface area contributed by atoms with Crippen LogP contribution in [0.15, 0.2) is 22.7 Å². The van der Waals surface area contributed by atoms with Crippen molar-refractivity contribution in [1.82, 2.24) is 9.80 Å². The number of benzene rings is 1. The molecule has 116 valence electrons. The van der Waals surface area contributed by atoms with E-state index in [9.17, 15) is 9.90 Å². The number of hydrogen-bond acceptors (Lipinski definition) is 3. The molecule has 1 aromatic carbocycles. The zero-order valence-electron chi connectivity index (χ0n) is 12.9. The molecule has 0 saturated carbocycles. The Morgan fingerprint density at radius 1 is 1.29 bits per heavy atom. The van der Waals surface area contributed by atoms with E-state index < -0.39 is 5.60 Å². The van der Waals surface area contributed by atoms with Gasteiger partial charge in [-0.15, -0.1) is 0 Å². The summed E-state index contributed by atoms with van der Waals surface area (Å²) in [6, 6.07) is 5.73. The minimum absolute atomic E-state index is 0.0820. The van der Waals surface area contributed by atoms with Gasteiger partial charge in [0.05, 0.1) is 5.60 Å². The topological polar surface area (TPSA) is 43.8 Å². The molecule has 0 spiro atoms. The maximum absolute atomic E-state index is 12.5. The fourth-order valence-corrected chi connectivity index (χ4v) is 2.94. The van der Waals surface area contributed by atoms with Gasteiger partial charge >= 0.3 is 0 Å². The molecule has 21 heavy (non-hydrogen) atoms.